The molecular weight excluding hydrogens is 1110 g/mol. The first-order chi connectivity index (χ1) is 40.0. The van der Waals surface area contributed by atoms with Crippen LogP contribution in [0.3, 0.4) is 0 Å². The van der Waals surface area contributed by atoms with Crippen LogP contribution in [0, 0.1) is 5.92 Å². The molecule has 1 aromatic heterocycles. The first kappa shape index (κ1) is 69.1. The third-order valence-electron chi connectivity index (χ3n) is 15.4. The molecule has 0 radical (unpaired) electrons. The number of carboxylic acids is 2. The summed E-state index contributed by atoms with van der Waals surface area (Å²) in [5.74, 6) is -7.71. The van der Waals surface area contributed by atoms with E-state index in [1.54, 1.807) is 13.8 Å². The lowest BCUT2D eigenvalue weighted by Crippen LogP contribution is -2.61. The zero-order valence-electron chi connectivity index (χ0n) is 49.0. The first-order valence-corrected chi connectivity index (χ1v) is 28.9. The number of allylic oxidation sites excluding steroid dienone is 2. The van der Waals surface area contributed by atoms with E-state index in [2.05, 4.69) is 18.0 Å². The van der Waals surface area contributed by atoms with E-state index < -0.39 is 183 Å². The van der Waals surface area contributed by atoms with Gasteiger partial charge in [-0.1, -0.05) is 58.6 Å². The van der Waals surface area contributed by atoms with Crippen molar-refractivity contribution in [3.05, 3.63) is 45.3 Å². The number of H-pyrrole nitrogens is 1. The largest absolute Gasteiger partial charge is 0.481 e. The van der Waals surface area contributed by atoms with Crippen LogP contribution < -0.4 is 17.0 Å². The van der Waals surface area contributed by atoms with Gasteiger partial charge in [-0.05, 0) is 51.5 Å². The van der Waals surface area contributed by atoms with E-state index in [0.717, 1.165) is 47.6 Å². The average molecular weight is 1200 g/mol. The third-order valence-corrected chi connectivity index (χ3v) is 15.4. The normalized spacial score (nSPS) is 29.5. The van der Waals surface area contributed by atoms with E-state index in [-0.39, 0.29) is 38.6 Å². The molecule has 5 rings (SSSR count). The Kier molecular flexibility index (Phi) is 27.8. The fraction of sp³-hybridized carbons (Fsp3) is 0.768. The number of aliphatic carboxylic acids is 2. The number of nitrogens with zero attached hydrogens (tertiary/aromatic N) is 3. The van der Waals surface area contributed by atoms with Gasteiger partial charge in [0.15, 0.2) is 24.5 Å². The van der Waals surface area contributed by atoms with Crippen LogP contribution in [0.1, 0.15) is 136 Å². The molecule has 0 bridgehead atoms. The number of carbonyl (C=O) groups is 7. The van der Waals surface area contributed by atoms with Crippen LogP contribution >= 0.6 is 0 Å². The molecule has 4 saturated heterocycles. The van der Waals surface area contributed by atoms with Crippen LogP contribution in [-0.2, 0) is 80.9 Å². The minimum Gasteiger partial charge on any atom is -0.481 e. The van der Waals surface area contributed by atoms with Crippen LogP contribution in [0.2, 0.25) is 0 Å². The molecule has 0 spiro atoms. The Labute approximate surface area is 487 Å². The zero-order valence-corrected chi connectivity index (χ0v) is 49.0. The van der Waals surface area contributed by atoms with E-state index in [1.165, 1.54) is 45.8 Å². The highest BCUT2D eigenvalue weighted by molar-refractivity contribution is 5.89. The van der Waals surface area contributed by atoms with Gasteiger partial charge in [0.25, 0.3) is 5.56 Å². The van der Waals surface area contributed by atoms with Gasteiger partial charge in [0, 0.05) is 72.3 Å². The Hall–Kier alpha value is -5.69. The predicted molar refractivity (Wildman–Crippen MR) is 292 cm³/mol. The number of aliphatic hydroxyl groups is 2. The van der Waals surface area contributed by atoms with Gasteiger partial charge in [-0.3, -0.25) is 48.0 Å². The Morgan fingerprint density at radius 3 is 2.10 bits per heavy atom. The number of carboxylic acid groups (broad SMARTS) is 2. The van der Waals surface area contributed by atoms with Gasteiger partial charge in [-0.2, -0.15) is 0 Å². The maximum atomic E-state index is 14.7. The van der Waals surface area contributed by atoms with Gasteiger partial charge in [0.05, 0.1) is 43.7 Å². The van der Waals surface area contributed by atoms with Crippen molar-refractivity contribution < 1.29 is 101 Å². The molecule has 1 amide bonds. The third kappa shape index (κ3) is 19.7. The first-order valence-electron chi connectivity index (χ1n) is 28.9. The van der Waals surface area contributed by atoms with Gasteiger partial charge in [-0.15, -0.1) is 0 Å². The summed E-state index contributed by atoms with van der Waals surface area (Å²) in [7, 11) is 5.28. The summed E-state index contributed by atoms with van der Waals surface area (Å²) >= 11 is 0. The van der Waals surface area contributed by atoms with Gasteiger partial charge in [0.2, 0.25) is 12.2 Å². The lowest BCUT2D eigenvalue weighted by Gasteiger charge is -2.44. The Bertz CT molecular complexity index is 2470. The lowest BCUT2D eigenvalue weighted by atomic mass is 9.96. The molecule has 7 N–H and O–H groups in total. The summed E-state index contributed by atoms with van der Waals surface area (Å²) in [4.78, 5) is 122. The topological polar surface area (TPSA) is 380 Å². The molecule has 4 aliphatic rings. The van der Waals surface area contributed by atoms with Crippen molar-refractivity contribution in [1.82, 2.24) is 19.4 Å². The van der Waals surface area contributed by atoms with Gasteiger partial charge in [-0.25, -0.2) is 9.59 Å². The minimum atomic E-state index is -1.80. The number of methoxy groups -OCH3 is 2. The molecule has 5 heterocycles. The van der Waals surface area contributed by atoms with E-state index in [4.69, 9.17) is 58.2 Å². The second-order valence-electron chi connectivity index (χ2n) is 21.9. The number of ether oxygens (including phenoxy) is 10. The Morgan fingerprint density at radius 1 is 0.786 bits per heavy atom. The summed E-state index contributed by atoms with van der Waals surface area (Å²) in [6.45, 7) is 5.00. The quantitative estimate of drug-likeness (QED) is 0.0251. The molecule has 0 aliphatic carbocycles. The second kappa shape index (κ2) is 33.9. The number of likely N-dealkylation sites (N-methyl/N-ethyl adjacent to an activating group) is 2. The number of aliphatic hydroxyl groups excluding tert-OH is 2. The van der Waals surface area contributed by atoms with Gasteiger partial charge in [0.1, 0.15) is 42.8 Å². The van der Waals surface area contributed by atoms with Crippen LogP contribution in [0.15, 0.2) is 34.0 Å². The van der Waals surface area contributed by atoms with E-state index in [1.807, 2.05) is 6.08 Å². The number of esters is 4. The number of nitrogens with two attached hydrogens (primary N) is 1. The van der Waals surface area contributed by atoms with Gasteiger partial charge >= 0.3 is 41.5 Å². The van der Waals surface area contributed by atoms with E-state index >= 15 is 0 Å². The molecule has 17 atom stereocenters. The van der Waals surface area contributed by atoms with Crippen molar-refractivity contribution in [3.63, 3.8) is 0 Å². The van der Waals surface area contributed by atoms with E-state index in [9.17, 15) is 58.5 Å². The Morgan fingerprint density at radius 2 is 1.46 bits per heavy atom. The fourth-order valence-corrected chi connectivity index (χ4v) is 11.0. The van der Waals surface area contributed by atoms with Crippen LogP contribution in [0.4, 0.5) is 0 Å². The highest BCUT2D eigenvalue weighted by Crippen LogP contribution is 2.37. The van der Waals surface area contributed by atoms with Crippen LogP contribution in [0.5, 0.6) is 0 Å². The molecule has 0 aromatic carbocycles. The highest BCUT2D eigenvalue weighted by atomic mass is 16.7. The molecule has 4 aliphatic heterocycles. The number of hydrogen-bond acceptors (Lipinski definition) is 23. The number of carbonyl (C=O) groups excluding carboxylic acids is 5. The van der Waals surface area contributed by atoms with Crippen molar-refractivity contribution in [2.75, 3.05) is 41.4 Å². The number of nitrogens with one attached hydrogen (secondary N) is 1. The highest BCUT2D eigenvalue weighted by Gasteiger charge is 2.55. The van der Waals surface area contributed by atoms with Crippen LogP contribution in [-0.4, -0.2) is 215 Å². The lowest BCUT2D eigenvalue weighted by molar-refractivity contribution is -0.299. The van der Waals surface area contributed by atoms with Crippen molar-refractivity contribution in [2.24, 2.45) is 11.7 Å². The molecule has 1 aromatic rings. The summed E-state index contributed by atoms with van der Waals surface area (Å²) in [6, 6.07) is -2.21. The predicted octanol–water partition coefficient (Wildman–Crippen LogP) is 1.43. The summed E-state index contributed by atoms with van der Waals surface area (Å²) in [5, 5.41) is 42.0. The maximum absolute atomic E-state index is 14.7. The fourth-order valence-electron chi connectivity index (χ4n) is 11.0. The molecule has 474 valence electrons. The summed E-state index contributed by atoms with van der Waals surface area (Å²) in [5.41, 5.74) is 4.29. The standard InChI is InChI=1S/C56H87N5O23/c1-8-10-11-12-13-14-15-16-17-18-19-32(77-42(68)24-31(3)25-43(69)83-55-52(76-7)51(49(75-6)35(9-2)80-55)82-41(67)21-20-40(65)66)26-44(70)78-37-30-59(4)47(53(71)60(5)46(37)54(72)73)50(84-45-28-33(62)36(29-57)79-45)48-34(63)27-39(81-48)61-23-22-38(64)58-56(61)74/h15-16,22-23,31-37,39,45-52,55,62-63H,8-14,17-21,24-30,57H2,1-7H3,(H,65,66)(H,72,73)(H,58,64,74)/b16-15-/t31?,32?,33-,34-,35?,36+,37?,39+,45-,46?,47?,48-,49?,50?,51?,52?,55?/m0/s1. The van der Waals surface area contributed by atoms with Crippen molar-refractivity contribution in [2.45, 2.75) is 228 Å². The molecule has 4 fully saturated rings. The number of aromatic nitrogens is 2. The average Bonchev–Trinajstić information content (AvgIpc) is 2.06. The Balaban J connectivity index is 1.31. The molecular formula is C56H87N5O23. The number of unbranched alkanes of at least 4 members (excludes halogenated alkanes) is 6. The minimum absolute atomic E-state index is 0.0930. The van der Waals surface area contributed by atoms with Crippen molar-refractivity contribution in [1.29, 1.82) is 0 Å². The summed E-state index contributed by atoms with van der Waals surface area (Å²) in [6.07, 6.45) is -5.85. The van der Waals surface area contributed by atoms with E-state index in [0.29, 0.717) is 19.3 Å². The molecule has 84 heavy (non-hydrogen) atoms. The molecule has 28 nitrogen and oxygen atoms in total. The molecule has 28 heteroatoms. The SMILES string of the molecule is CCCCCCC/C=C\CCCC(CC(=O)OC1CN(C)C(C(O[C@H]2C[C@H](O)[C@@H](CN)O2)[C@H]2O[C@@H](n3ccc(=O)[nH]c3=O)C[C@@H]2O)C(=O)N(C)C1C(=O)O)OC(=O)CC(C)CC(=O)OC1OC(CC)C(OC)C(OC(=O)CCC(=O)O)C1OC. The number of hydrogen-bond donors (Lipinski definition) is 6. The van der Waals surface area contributed by atoms with Crippen molar-refractivity contribution >= 4 is 41.7 Å². The smallest absolute Gasteiger partial charge is 0.330 e. The number of amides is 1. The second-order valence-corrected chi connectivity index (χ2v) is 21.9. The van der Waals surface area contributed by atoms with Crippen molar-refractivity contribution in [3.8, 4) is 0 Å². The number of aromatic amines is 1. The maximum Gasteiger partial charge on any atom is 0.330 e. The monoisotopic (exact) mass is 1200 g/mol. The molecule has 0 saturated carbocycles. The zero-order chi connectivity index (χ0) is 61.8. The summed E-state index contributed by atoms with van der Waals surface area (Å²) < 4.78 is 59.8. The van der Waals surface area contributed by atoms with Gasteiger partial charge < -0.3 is 78.4 Å². The molecule has 11 unspecified atom stereocenters. The van der Waals surface area contributed by atoms with Crippen LogP contribution in [0.25, 0.3) is 0 Å². The number of rotatable bonds is 33.